The van der Waals surface area contributed by atoms with Crippen molar-refractivity contribution in [2.75, 3.05) is 12.8 Å². The van der Waals surface area contributed by atoms with Crippen LogP contribution < -0.4 is 10.5 Å². The van der Waals surface area contributed by atoms with Gasteiger partial charge in [0.1, 0.15) is 11.6 Å². The summed E-state index contributed by atoms with van der Waals surface area (Å²) in [5.41, 5.74) is 5.60. The molecule has 0 amide bonds. The van der Waals surface area contributed by atoms with Crippen LogP contribution in [0.4, 0.5) is 5.82 Å². The summed E-state index contributed by atoms with van der Waals surface area (Å²) in [5, 5.41) is 0. The number of nitrogens with zero attached hydrogens (tertiary/aromatic N) is 3. The third kappa shape index (κ3) is 4.12. The Morgan fingerprint density at radius 1 is 1.38 bits per heavy atom. The molecular formula is C13H23N5O2S. The second kappa shape index (κ2) is 6.67. The summed E-state index contributed by atoms with van der Waals surface area (Å²) in [5.74, 6) is 0.697. The molecule has 0 saturated heterocycles. The molecule has 21 heavy (non-hydrogen) atoms. The van der Waals surface area contributed by atoms with Crippen LogP contribution in [0.25, 0.3) is 0 Å². The molecule has 118 valence electrons. The number of rotatable bonds is 5. The van der Waals surface area contributed by atoms with Crippen LogP contribution in [0.15, 0.2) is 12.3 Å². The van der Waals surface area contributed by atoms with Gasteiger partial charge in [0.25, 0.3) is 10.2 Å². The molecule has 0 radical (unpaired) electrons. The van der Waals surface area contributed by atoms with Gasteiger partial charge >= 0.3 is 0 Å². The first-order valence-corrected chi connectivity index (χ1v) is 8.68. The molecule has 0 aliphatic heterocycles. The van der Waals surface area contributed by atoms with Gasteiger partial charge in [-0.3, -0.25) is 0 Å². The van der Waals surface area contributed by atoms with Gasteiger partial charge in [-0.15, -0.1) is 0 Å². The number of nitrogens with two attached hydrogens (primary N) is 1. The highest BCUT2D eigenvalue weighted by atomic mass is 32.2. The van der Waals surface area contributed by atoms with Crippen molar-refractivity contribution in [1.29, 1.82) is 0 Å². The van der Waals surface area contributed by atoms with Gasteiger partial charge < -0.3 is 5.73 Å². The smallest absolute Gasteiger partial charge is 0.280 e. The Morgan fingerprint density at radius 2 is 2.05 bits per heavy atom. The first kappa shape index (κ1) is 16.1. The quantitative estimate of drug-likeness (QED) is 0.851. The highest BCUT2D eigenvalue weighted by molar-refractivity contribution is 7.87. The van der Waals surface area contributed by atoms with Gasteiger partial charge in [-0.1, -0.05) is 19.3 Å². The van der Waals surface area contributed by atoms with Crippen LogP contribution >= 0.6 is 0 Å². The predicted molar refractivity (Wildman–Crippen MR) is 81.6 cm³/mol. The molecule has 0 spiro atoms. The molecule has 1 heterocycles. The lowest BCUT2D eigenvalue weighted by Crippen LogP contribution is -2.45. The fourth-order valence-electron chi connectivity index (χ4n) is 2.60. The largest absolute Gasteiger partial charge is 0.384 e. The summed E-state index contributed by atoms with van der Waals surface area (Å²) < 4.78 is 28.9. The molecule has 1 aliphatic carbocycles. The number of hydrogen-bond donors (Lipinski definition) is 2. The van der Waals surface area contributed by atoms with E-state index in [-0.39, 0.29) is 6.04 Å². The number of nitrogen functional groups attached to an aromatic ring is 1. The highest BCUT2D eigenvalue weighted by Gasteiger charge is 2.29. The van der Waals surface area contributed by atoms with Crippen molar-refractivity contribution >= 4 is 16.0 Å². The van der Waals surface area contributed by atoms with E-state index in [0.29, 0.717) is 11.6 Å². The van der Waals surface area contributed by atoms with Crippen LogP contribution in [0.5, 0.6) is 0 Å². The van der Waals surface area contributed by atoms with Crippen molar-refractivity contribution < 1.29 is 8.42 Å². The van der Waals surface area contributed by atoms with E-state index in [1.54, 1.807) is 20.0 Å². The Morgan fingerprint density at radius 3 is 2.67 bits per heavy atom. The minimum absolute atomic E-state index is 0.0743. The van der Waals surface area contributed by atoms with Gasteiger partial charge in [-0.2, -0.15) is 17.4 Å². The number of anilines is 1. The van der Waals surface area contributed by atoms with Gasteiger partial charge in [0, 0.05) is 19.3 Å². The lowest BCUT2D eigenvalue weighted by molar-refractivity contribution is 0.281. The van der Waals surface area contributed by atoms with Crippen LogP contribution in [0.1, 0.15) is 50.9 Å². The molecule has 0 aromatic carbocycles. The molecule has 8 heteroatoms. The maximum atomic E-state index is 12.4. The molecule has 3 N–H and O–H groups in total. The van der Waals surface area contributed by atoms with Crippen molar-refractivity contribution in [3.63, 3.8) is 0 Å². The normalized spacial score (nSPS) is 18.8. The van der Waals surface area contributed by atoms with E-state index in [1.165, 1.54) is 16.9 Å². The maximum Gasteiger partial charge on any atom is 0.280 e. The zero-order valence-corrected chi connectivity index (χ0v) is 13.3. The average Bonchev–Trinajstić information content (AvgIpc) is 2.47. The SMILES string of the molecule is CC(NS(=O)(=O)N(C)C1CCCCC1)c1nccc(N)n1. The molecule has 1 unspecified atom stereocenters. The van der Waals surface area contributed by atoms with Crippen molar-refractivity contribution in [3.05, 3.63) is 18.1 Å². The summed E-state index contributed by atoms with van der Waals surface area (Å²) in [7, 11) is -1.93. The zero-order chi connectivity index (χ0) is 15.5. The Bertz CT molecular complexity index is 572. The van der Waals surface area contributed by atoms with Crippen molar-refractivity contribution in [2.24, 2.45) is 0 Å². The monoisotopic (exact) mass is 313 g/mol. The molecule has 1 saturated carbocycles. The first-order chi connectivity index (χ1) is 9.90. The minimum Gasteiger partial charge on any atom is -0.384 e. The highest BCUT2D eigenvalue weighted by Crippen LogP contribution is 2.23. The molecule has 7 nitrogen and oxygen atoms in total. The lowest BCUT2D eigenvalue weighted by atomic mass is 9.96. The molecule has 1 atom stereocenters. The van der Waals surface area contributed by atoms with Gasteiger partial charge in [-0.05, 0) is 25.8 Å². The lowest BCUT2D eigenvalue weighted by Gasteiger charge is -2.31. The van der Waals surface area contributed by atoms with Crippen molar-refractivity contribution in [2.45, 2.75) is 51.1 Å². The molecule has 1 aromatic heterocycles. The van der Waals surface area contributed by atoms with E-state index in [1.807, 2.05) is 0 Å². The Hall–Kier alpha value is -1.25. The standard InChI is InChI=1S/C13H23N5O2S/c1-10(13-15-9-8-12(14)16-13)17-21(19,20)18(2)11-6-4-3-5-7-11/h8-11,17H,3-7H2,1-2H3,(H2,14,15,16). The van der Waals surface area contributed by atoms with E-state index in [0.717, 1.165) is 25.7 Å². The fourth-order valence-corrected chi connectivity index (χ4v) is 3.92. The van der Waals surface area contributed by atoms with Gasteiger partial charge in [0.05, 0.1) is 6.04 Å². The van der Waals surface area contributed by atoms with Gasteiger partial charge in [-0.25, -0.2) is 9.97 Å². The Kier molecular flexibility index (Phi) is 5.13. The number of nitrogens with one attached hydrogen (secondary N) is 1. The van der Waals surface area contributed by atoms with Gasteiger partial charge in [0.2, 0.25) is 0 Å². The fraction of sp³-hybridized carbons (Fsp3) is 0.692. The molecule has 2 rings (SSSR count). The molecule has 1 aromatic rings. The summed E-state index contributed by atoms with van der Waals surface area (Å²) in [6.07, 6.45) is 6.70. The first-order valence-electron chi connectivity index (χ1n) is 7.24. The second-order valence-corrected chi connectivity index (χ2v) is 7.25. The second-order valence-electron chi connectivity index (χ2n) is 5.49. The van der Waals surface area contributed by atoms with E-state index < -0.39 is 16.3 Å². The van der Waals surface area contributed by atoms with Crippen LogP contribution in [0.2, 0.25) is 0 Å². The minimum atomic E-state index is -3.56. The Balaban J connectivity index is 2.05. The van der Waals surface area contributed by atoms with Crippen LogP contribution in [-0.2, 0) is 10.2 Å². The van der Waals surface area contributed by atoms with Crippen LogP contribution in [0, 0.1) is 0 Å². The van der Waals surface area contributed by atoms with E-state index >= 15 is 0 Å². The van der Waals surface area contributed by atoms with Crippen molar-refractivity contribution in [1.82, 2.24) is 19.0 Å². The molecule has 0 bridgehead atoms. The summed E-state index contributed by atoms with van der Waals surface area (Å²) in [4.78, 5) is 8.11. The van der Waals surface area contributed by atoms with E-state index in [9.17, 15) is 8.42 Å². The molecular weight excluding hydrogens is 290 g/mol. The topological polar surface area (TPSA) is 101 Å². The van der Waals surface area contributed by atoms with Crippen LogP contribution in [-0.4, -0.2) is 35.8 Å². The zero-order valence-electron chi connectivity index (χ0n) is 12.5. The number of hydrogen-bond acceptors (Lipinski definition) is 5. The molecule has 1 fully saturated rings. The third-order valence-electron chi connectivity index (χ3n) is 3.88. The Labute approximate surface area is 126 Å². The maximum absolute atomic E-state index is 12.4. The van der Waals surface area contributed by atoms with Crippen LogP contribution in [0.3, 0.4) is 0 Å². The number of aromatic nitrogens is 2. The van der Waals surface area contributed by atoms with E-state index in [4.69, 9.17) is 5.73 Å². The third-order valence-corrected chi connectivity index (χ3v) is 5.58. The molecule has 1 aliphatic rings. The predicted octanol–water partition coefficient (Wildman–Crippen LogP) is 1.22. The summed E-state index contributed by atoms with van der Waals surface area (Å²) >= 11 is 0. The van der Waals surface area contributed by atoms with E-state index in [2.05, 4.69) is 14.7 Å². The summed E-state index contributed by atoms with van der Waals surface area (Å²) in [6, 6.07) is 1.12. The van der Waals surface area contributed by atoms with Crippen molar-refractivity contribution in [3.8, 4) is 0 Å². The van der Waals surface area contributed by atoms with Gasteiger partial charge in [0.15, 0.2) is 0 Å². The average molecular weight is 313 g/mol. The summed E-state index contributed by atoms with van der Waals surface area (Å²) in [6.45, 7) is 1.71.